The van der Waals surface area contributed by atoms with Crippen LogP contribution >= 0.6 is 11.8 Å². The van der Waals surface area contributed by atoms with Crippen molar-refractivity contribution in [2.75, 3.05) is 57.0 Å². The number of morpholine rings is 1. The first-order valence-corrected chi connectivity index (χ1v) is 15.4. The first kappa shape index (κ1) is 27.6. The first-order chi connectivity index (χ1) is 18.7. The second-order valence-electron chi connectivity index (χ2n) is 9.75. The summed E-state index contributed by atoms with van der Waals surface area (Å²) in [5, 5.41) is 0.712. The van der Waals surface area contributed by atoms with E-state index in [2.05, 4.69) is 4.90 Å². The zero-order valence-electron chi connectivity index (χ0n) is 22.3. The molecule has 0 spiro atoms. The van der Waals surface area contributed by atoms with Crippen LogP contribution in [0, 0.1) is 0 Å². The molecule has 10 nitrogen and oxygen atoms in total. The highest BCUT2D eigenvalue weighted by molar-refractivity contribution is 8.00. The lowest BCUT2D eigenvalue weighted by Gasteiger charge is -2.36. The van der Waals surface area contributed by atoms with E-state index in [1.54, 1.807) is 29.2 Å². The molecule has 3 aromatic rings. The lowest BCUT2D eigenvalue weighted by Crippen LogP contribution is -2.51. The fraction of sp³-hybridized carbons (Fsp3) is 0.444. The Morgan fingerprint density at radius 1 is 0.974 bits per heavy atom. The highest BCUT2D eigenvalue weighted by atomic mass is 32.2. The number of anilines is 1. The van der Waals surface area contributed by atoms with E-state index in [9.17, 15) is 13.2 Å². The average Bonchev–Trinajstić information content (AvgIpc) is 2.95. The number of fused-ring (bicyclic) bond motifs is 1. The van der Waals surface area contributed by atoms with Crippen LogP contribution in [0.15, 0.2) is 58.5 Å². The maximum absolute atomic E-state index is 13.2. The Morgan fingerprint density at radius 2 is 1.59 bits per heavy atom. The molecule has 0 unspecified atom stereocenters. The Bertz CT molecular complexity index is 1420. The number of carbonyl (C=O) groups is 1. The number of methoxy groups -OCH3 is 1. The van der Waals surface area contributed by atoms with Gasteiger partial charge in [-0.2, -0.15) is 4.31 Å². The van der Waals surface area contributed by atoms with Gasteiger partial charge in [0.1, 0.15) is 10.8 Å². The van der Waals surface area contributed by atoms with Crippen molar-refractivity contribution in [1.29, 1.82) is 0 Å². The number of hydrogen-bond acceptors (Lipinski definition) is 9. The molecule has 0 radical (unpaired) electrons. The Morgan fingerprint density at radius 3 is 2.21 bits per heavy atom. The molecule has 2 aliphatic rings. The van der Waals surface area contributed by atoms with Crippen LogP contribution in [0.5, 0.6) is 5.75 Å². The van der Waals surface area contributed by atoms with E-state index in [0.717, 1.165) is 16.9 Å². The van der Waals surface area contributed by atoms with Crippen LogP contribution in [0.25, 0.3) is 11.0 Å². The maximum atomic E-state index is 13.2. The van der Waals surface area contributed by atoms with Crippen molar-refractivity contribution < 1.29 is 22.7 Å². The monoisotopic (exact) mass is 571 g/mol. The Hall–Kier alpha value is -2.93. The molecule has 0 saturated carbocycles. The van der Waals surface area contributed by atoms with E-state index < -0.39 is 10.0 Å². The van der Waals surface area contributed by atoms with E-state index in [4.69, 9.17) is 19.4 Å². The number of amides is 1. The molecule has 2 fully saturated rings. The summed E-state index contributed by atoms with van der Waals surface area (Å²) in [7, 11) is -2.10. The molecule has 1 amide bonds. The SMILES string of the molecule is COc1ccc(S(=O)(=O)N2CCN(C(=O)CSc3nc4ccccc4nc3N3C[C@H](C)O[C@@H](C)C3)CC2)cc1. The van der Waals surface area contributed by atoms with Gasteiger partial charge in [-0.1, -0.05) is 23.9 Å². The van der Waals surface area contributed by atoms with Gasteiger partial charge in [0.25, 0.3) is 0 Å². The molecular formula is C27H33N5O5S2. The van der Waals surface area contributed by atoms with Crippen molar-refractivity contribution in [1.82, 2.24) is 19.2 Å². The first-order valence-electron chi connectivity index (χ1n) is 13.0. The van der Waals surface area contributed by atoms with Gasteiger partial charge in [0, 0.05) is 39.3 Å². The van der Waals surface area contributed by atoms with Crippen LogP contribution in [-0.4, -0.2) is 97.8 Å². The van der Waals surface area contributed by atoms with Gasteiger partial charge in [-0.15, -0.1) is 0 Å². The number of ether oxygens (including phenoxy) is 2. The Labute approximate surface area is 233 Å². The van der Waals surface area contributed by atoms with Crippen LogP contribution in [0.2, 0.25) is 0 Å². The fourth-order valence-corrected chi connectivity index (χ4v) is 7.26. The van der Waals surface area contributed by atoms with Crippen LogP contribution in [-0.2, 0) is 19.6 Å². The molecule has 1 aromatic heterocycles. The summed E-state index contributed by atoms with van der Waals surface area (Å²) in [6, 6.07) is 14.1. The summed E-state index contributed by atoms with van der Waals surface area (Å²) in [5.41, 5.74) is 1.59. The summed E-state index contributed by atoms with van der Waals surface area (Å²) in [5.74, 6) is 1.51. The molecule has 2 atom stereocenters. The van der Waals surface area contributed by atoms with Crippen molar-refractivity contribution in [2.24, 2.45) is 0 Å². The number of benzene rings is 2. The number of para-hydroxylation sites is 2. The van der Waals surface area contributed by atoms with Gasteiger partial charge in [0.2, 0.25) is 15.9 Å². The average molecular weight is 572 g/mol. The van der Waals surface area contributed by atoms with Gasteiger partial charge in [0.15, 0.2) is 5.82 Å². The van der Waals surface area contributed by atoms with Crippen molar-refractivity contribution in [2.45, 2.75) is 36.0 Å². The predicted molar refractivity (Wildman–Crippen MR) is 151 cm³/mol. The Kier molecular flexibility index (Phi) is 8.27. The van der Waals surface area contributed by atoms with E-state index in [-0.39, 0.29) is 41.9 Å². The molecule has 0 N–H and O–H groups in total. The van der Waals surface area contributed by atoms with E-state index in [1.807, 2.05) is 38.1 Å². The highest BCUT2D eigenvalue weighted by Crippen LogP contribution is 2.31. The zero-order valence-corrected chi connectivity index (χ0v) is 24.0. The lowest BCUT2D eigenvalue weighted by molar-refractivity contribution is -0.129. The van der Waals surface area contributed by atoms with E-state index in [0.29, 0.717) is 37.0 Å². The third kappa shape index (κ3) is 6.13. The summed E-state index contributed by atoms with van der Waals surface area (Å²) >= 11 is 1.38. The normalized spacial score (nSPS) is 20.8. The number of rotatable bonds is 7. The van der Waals surface area contributed by atoms with Crippen LogP contribution < -0.4 is 9.64 Å². The highest BCUT2D eigenvalue weighted by Gasteiger charge is 2.31. The van der Waals surface area contributed by atoms with Crippen LogP contribution in [0.3, 0.4) is 0 Å². The molecule has 2 saturated heterocycles. The Balaban J connectivity index is 1.25. The molecule has 39 heavy (non-hydrogen) atoms. The largest absolute Gasteiger partial charge is 0.497 e. The number of nitrogens with zero attached hydrogens (tertiary/aromatic N) is 5. The van der Waals surface area contributed by atoms with Crippen molar-refractivity contribution in [3.63, 3.8) is 0 Å². The number of sulfonamides is 1. The van der Waals surface area contributed by atoms with Gasteiger partial charge < -0.3 is 19.3 Å². The van der Waals surface area contributed by atoms with Gasteiger partial charge in [-0.3, -0.25) is 4.79 Å². The minimum absolute atomic E-state index is 0.0499. The van der Waals surface area contributed by atoms with Crippen LogP contribution in [0.1, 0.15) is 13.8 Å². The molecule has 12 heteroatoms. The summed E-state index contributed by atoms with van der Waals surface area (Å²) in [6.07, 6.45) is 0.124. The summed E-state index contributed by atoms with van der Waals surface area (Å²) in [4.78, 5) is 27.1. The quantitative estimate of drug-likeness (QED) is 0.396. The van der Waals surface area contributed by atoms with Gasteiger partial charge in [-0.25, -0.2) is 18.4 Å². The number of piperazine rings is 1. The smallest absolute Gasteiger partial charge is 0.243 e. The maximum Gasteiger partial charge on any atom is 0.243 e. The molecule has 208 valence electrons. The number of thioether (sulfide) groups is 1. The van der Waals surface area contributed by atoms with Gasteiger partial charge in [-0.05, 0) is 50.2 Å². The van der Waals surface area contributed by atoms with E-state index >= 15 is 0 Å². The third-order valence-electron chi connectivity index (χ3n) is 6.86. The molecule has 3 heterocycles. The second-order valence-corrected chi connectivity index (χ2v) is 12.7. The molecule has 0 bridgehead atoms. The molecule has 2 aromatic carbocycles. The van der Waals surface area contributed by atoms with Crippen molar-refractivity contribution in [3.8, 4) is 5.75 Å². The summed E-state index contributed by atoms with van der Waals surface area (Å²) < 4.78 is 38.6. The predicted octanol–water partition coefficient (Wildman–Crippen LogP) is 2.88. The number of hydrogen-bond donors (Lipinski definition) is 0. The van der Waals surface area contributed by atoms with E-state index in [1.165, 1.54) is 23.2 Å². The molecule has 2 aliphatic heterocycles. The summed E-state index contributed by atoms with van der Waals surface area (Å²) in [6.45, 7) is 6.65. The van der Waals surface area contributed by atoms with Crippen molar-refractivity contribution in [3.05, 3.63) is 48.5 Å². The number of carbonyl (C=O) groups excluding carboxylic acids is 1. The third-order valence-corrected chi connectivity index (χ3v) is 9.71. The molecule has 5 rings (SSSR count). The topological polar surface area (TPSA) is 105 Å². The lowest BCUT2D eigenvalue weighted by atomic mass is 10.2. The van der Waals surface area contributed by atoms with Gasteiger partial charge in [0.05, 0.1) is 41.0 Å². The zero-order chi connectivity index (χ0) is 27.6. The minimum atomic E-state index is -3.64. The standard InChI is InChI=1S/C27H33N5O5S2/c1-19-16-31(17-20(2)37-19)26-27(29-24-7-5-4-6-23(24)28-26)38-18-25(33)30-12-14-32(15-13-30)39(34,35)22-10-8-21(36-3)9-11-22/h4-11,19-20H,12-18H2,1-3H3/t19-,20-/m0/s1. The minimum Gasteiger partial charge on any atom is -0.497 e. The number of aromatic nitrogens is 2. The fourth-order valence-electron chi connectivity index (χ4n) is 4.92. The van der Waals surface area contributed by atoms with Crippen LogP contribution in [0.4, 0.5) is 5.82 Å². The van der Waals surface area contributed by atoms with Gasteiger partial charge >= 0.3 is 0 Å². The molecular weight excluding hydrogens is 538 g/mol. The molecule has 0 aliphatic carbocycles. The second kappa shape index (κ2) is 11.7. The van der Waals surface area contributed by atoms with Crippen molar-refractivity contribution >= 4 is 44.5 Å².